The summed E-state index contributed by atoms with van der Waals surface area (Å²) < 4.78 is 18.3. The van der Waals surface area contributed by atoms with Crippen LogP contribution in [0.15, 0.2) is 23.8 Å². The Morgan fingerprint density at radius 1 is 1.36 bits per heavy atom. The largest absolute Gasteiger partial charge is 0.393 e. The smallest absolute Gasteiger partial charge is 0.193 e. The van der Waals surface area contributed by atoms with Gasteiger partial charge in [-0.2, -0.15) is 0 Å². The quantitative estimate of drug-likeness (QED) is 0.588. The summed E-state index contributed by atoms with van der Waals surface area (Å²) in [6, 6.07) is 0. The predicted molar refractivity (Wildman–Crippen MR) is 121 cm³/mol. The molecule has 3 N–H and O–H groups in total. The van der Waals surface area contributed by atoms with Gasteiger partial charge in [0.15, 0.2) is 23.5 Å². The van der Waals surface area contributed by atoms with E-state index in [9.17, 15) is 14.7 Å². The number of nitrogens with two attached hydrogens (primary N) is 1. The summed E-state index contributed by atoms with van der Waals surface area (Å²) in [5.74, 6) is 0.279. The zero-order chi connectivity index (χ0) is 23.6. The Morgan fingerprint density at radius 3 is 2.88 bits per heavy atom. The molecule has 1 heterocycles. The van der Waals surface area contributed by atoms with Gasteiger partial charge in [0, 0.05) is 16.7 Å². The van der Waals surface area contributed by atoms with E-state index in [1.165, 1.54) is 0 Å². The lowest BCUT2D eigenvalue weighted by Gasteiger charge is -2.59. The second-order valence-corrected chi connectivity index (χ2v) is 11.1. The number of fused-ring (bicyclic) bond motifs is 7. The van der Waals surface area contributed by atoms with Crippen molar-refractivity contribution in [1.29, 1.82) is 0 Å². The molecule has 4 aliphatic carbocycles. The Kier molecular flexibility index (Phi) is 5.73. The van der Waals surface area contributed by atoms with Crippen LogP contribution in [-0.2, 0) is 23.8 Å². The molecule has 5 aliphatic rings. The second kappa shape index (κ2) is 8.09. The number of aliphatic hydroxyl groups is 1. The van der Waals surface area contributed by atoms with Crippen LogP contribution in [0.2, 0.25) is 0 Å². The fourth-order valence-corrected chi connectivity index (χ4v) is 8.26. The van der Waals surface area contributed by atoms with E-state index in [0.29, 0.717) is 6.42 Å². The Labute approximate surface area is 195 Å². The van der Waals surface area contributed by atoms with Gasteiger partial charge in [-0.05, 0) is 56.1 Å². The van der Waals surface area contributed by atoms with E-state index in [1.54, 1.807) is 12.2 Å². The van der Waals surface area contributed by atoms with Crippen LogP contribution in [0.5, 0.6) is 0 Å². The maximum absolute atomic E-state index is 13.7. The van der Waals surface area contributed by atoms with Crippen LogP contribution >= 0.6 is 0 Å². The third-order valence-corrected chi connectivity index (χ3v) is 9.58. The van der Waals surface area contributed by atoms with Crippen LogP contribution in [0.3, 0.4) is 0 Å². The van der Waals surface area contributed by atoms with E-state index in [1.807, 2.05) is 6.08 Å². The minimum Gasteiger partial charge on any atom is -0.393 e. The van der Waals surface area contributed by atoms with Crippen LogP contribution in [0.4, 0.5) is 0 Å². The van der Waals surface area contributed by atoms with Crippen molar-refractivity contribution in [3.8, 4) is 0 Å². The van der Waals surface area contributed by atoms with Crippen LogP contribution in [0, 0.1) is 28.6 Å². The molecule has 3 saturated carbocycles. The second-order valence-electron chi connectivity index (χ2n) is 11.1. The number of Topliss-reactive ketones (excluding diaryl/α,β-unsaturated/α-hetero) is 1. The molecule has 182 valence electrons. The van der Waals surface area contributed by atoms with E-state index >= 15 is 0 Å². The summed E-state index contributed by atoms with van der Waals surface area (Å²) >= 11 is 0. The van der Waals surface area contributed by atoms with Gasteiger partial charge in [0.2, 0.25) is 0 Å². The number of aliphatic hydroxyl groups excluding tert-OH is 1. The Balaban J connectivity index is 1.53. The van der Waals surface area contributed by atoms with E-state index in [4.69, 9.17) is 19.9 Å². The van der Waals surface area contributed by atoms with Gasteiger partial charge < -0.3 is 25.1 Å². The predicted octanol–water partition coefficient (Wildman–Crippen LogP) is 2.66. The summed E-state index contributed by atoms with van der Waals surface area (Å²) in [5, 5.41) is 11.6. The molecule has 1 unspecified atom stereocenters. The van der Waals surface area contributed by atoms with Crippen LogP contribution in [-0.4, -0.2) is 54.1 Å². The van der Waals surface area contributed by atoms with Gasteiger partial charge in [0.25, 0.3) is 0 Å². The molecule has 9 atom stereocenters. The van der Waals surface area contributed by atoms with E-state index in [0.717, 1.165) is 37.7 Å². The summed E-state index contributed by atoms with van der Waals surface area (Å²) in [5.41, 5.74) is 4.60. The average molecular weight is 460 g/mol. The van der Waals surface area contributed by atoms with Crippen molar-refractivity contribution in [3.05, 3.63) is 23.8 Å². The van der Waals surface area contributed by atoms with E-state index < -0.39 is 23.4 Å². The first-order chi connectivity index (χ1) is 15.7. The van der Waals surface area contributed by atoms with Gasteiger partial charge in [0.1, 0.15) is 6.61 Å². The minimum atomic E-state index is -1.13. The molecule has 0 radical (unpaired) electrons. The zero-order valence-corrected chi connectivity index (χ0v) is 19.9. The number of rotatable bonds is 6. The molecule has 0 bridgehead atoms. The molecule has 33 heavy (non-hydrogen) atoms. The van der Waals surface area contributed by atoms with Crippen molar-refractivity contribution in [1.82, 2.24) is 0 Å². The summed E-state index contributed by atoms with van der Waals surface area (Å²) in [6.45, 7) is 6.20. The van der Waals surface area contributed by atoms with Crippen molar-refractivity contribution in [2.24, 2.45) is 34.3 Å². The molecular formula is C26H37NO6. The highest BCUT2D eigenvalue weighted by atomic mass is 16.7. The Hall–Kier alpha value is -1.38. The highest BCUT2D eigenvalue weighted by Gasteiger charge is 2.75. The van der Waals surface area contributed by atoms with Crippen molar-refractivity contribution >= 4 is 11.6 Å². The number of allylic oxidation sites excluding steroid dienone is 4. The monoisotopic (exact) mass is 459 g/mol. The topological polar surface area (TPSA) is 108 Å². The molecule has 1 saturated heterocycles. The molecule has 0 aromatic heterocycles. The minimum absolute atomic E-state index is 0.00219. The highest BCUT2D eigenvalue weighted by Crippen LogP contribution is 2.69. The lowest BCUT2D eigenvalue weighted by Crippen LogP contribution is -2.63. The fraction of sp³-hybridized carbons (Fsp3) is 0.769. The number of carbonyl (C=O) groups excluding carboxylic acids is 2. The van der Waals surface area contributed by atoms with Gasteiger partial charge in [-0.15, -0.1) is 0 Å². The number of hydrogen-bond acceptors (Lipinski definition) is 7. The van der Waals surface area contributed by atoms with Crippen molar-refractivity contribution in [3.63, 3.8) is 0 Å². The normalized spacial score (nSPS) is 48.0. The molecule has 0 spiro atoms. The summed E-state index contributed by atoms with van der Waals surface area (Å²) in [4.78, 5) is 25.7. The first kappa shape index (κ1) is 23.4. The third kappa shape index (κ3) is 3.12. The zero-order valence-electron chi connectivity index (χ0n) is 19.9. The van der Waals surface area contributed by atoms with Gasteiger partial charge >= 0.3 is 0 Å². The molecule has 7 heteroatoms. The van der Waals surface area contributed by atoms with Crippen LogP contribution in [0.1, 0.15) is 59.3 Å². The Bertz CT molecular complexity index is 899. The van der Waals surface area contributed by atoms with Gasteiger partial charge in [-0.1, -0.05) is 38.8 Å². The molecule has 7 nitrogen and oxygen atoms in total. The molecular weight excluding hydrogens is 422 g/mol. The summed E-state index contributed by atoms with van der Waals surface area (Å²) in [6.07, 6.45) is 8.55. The molecule has 5 rings (SSSR count). The van der Waals surface area contributed by atoms with Crippen molar-refractivity contribution in [2.75, 3.05) is 13.3 Å². The standard InChI is InChI=1S/C26H37NO6/c1-4-5-22-32-21-11-18-17-7-6-15-10-16(28)8-9-24(15,2)23(17)19(29)12-25(18,3)26(21,33-22)20(30)13-31-14-27/h8-10,17-19,21-23,29H,4-7,11-14,27H2,1-3H3/t17-,18-,19-,21+,22?,23+,24-,25-,26+/m0/s1. The number of ether oxygens (including phenoxy) is 3. The maximum atomic E-state index is 13.7. The molecule has 0 aromatic rings. The van der Waals surface area contributed by atoms with Crippen molar-refractivity contribution < 1.29 is 28.9 Å². The molecule has 4 fully saturated rings. The third-order valence-electron chi connectivity index (χ3n) is 9.58. The lowest BCUT2D eigenvalue weighted by atomic mass is 9.46. The van der Waals surface area contributed by atoms with E-state index in [-0.39, 0.29) is 54.2 Å². The van der Waals surface area contributed by atoms with Crippen molar-refractivity contribution in [2.45, 2.75) is 83.4 Å². The van der Waals surface area contributed by atoms with E-state index in [2.05, 4.69) is 20.8 Å². The number of carbonyl (C=O) groups is 2. The lowest BCUT2D eigenvalue weighted by molar-refractivity contribution is -0.201. The molecule has 1 aliphatic heterocycles. The molecule has 0 amide bonds. The van der Waals surface area contributed by atoms with Gasteiger partial charge in [-0.25, -0.2) is 0 Å². The summed E-state index contributed by atoms with van der Waals surface area (Å²) in [7, 11) is 0. The maximum Gasteiger partial charge on any atom is 0.193 e. The average Bonchev–Trinajstić information content (AvgIpc) is 3.25. The Morgan fingerprint density at radius 2 is 2.15 bits per heavy atom. The highest BCUT2D eigenvalue weighted by molar-refractivity contribution is 6.01. The first-order valence-electron chi connectivity index (χ1n) is 12.5. The fourth-order valence-electron chi connectivity index (χ4n) is 8.26. The van der Waals surface area contributed by atoms with Gasteiger partial charge in [-0.3, -0.25) is 9.59 Å². The molecule has 0 aromatic carbocycles. The first-order valence-corrected chi connectivity index (χ1v) is 12.5. The SMILES string of the molecule is CCCC1O[C@@H]2C[C@H]3[C@@H]4CCC5=CC(=O)C=C[C@]5(C)[C@H]4[C@@H](O)C[C@]3(C)[C@]2(C(=O)COCN)O1. The van der Waals surface area contributed by atoms with Crippen LogP contribution in [0.25, 0.3) is 0 Å². The number of ketones is 2. The number of hydrogen-bond donors (Lipinski definition) is 2. The van der Waals surface area contributed by atoms with Crippen LogP contribution < -0.4 is 5.73 Å². The van der Waals surface area contributed by atoms with Gasteiger partial charge in [0.05, 0.1) is 18.9 Å².